The number of aromatic nitrogens is 2. The smallest absolute Gasteiger partial charge is 0.226 e. The van der Waals surface area contributed by atoms with Gasteiger partial charge in [-0.15, -0.1) is 0 Å². The van der Waals surface area contributed by atoms with Gasteiger partial charge in [-0.1, -0.05) is 24.9 Å². The SMILES string of the molecule is CCNC1CCCCC1Cc1nc(C2CCCOC2)no1. The first kappa shape index (κ1) is 15.0. The van der Waals surface area contributed by atoms with Crippen LogP contribution < -0.4 is 5.32 Å². The molecular weight excluding hydrogens is 266 g/mol. The molecule has 118 valence electrons. The van der Waals surface area contributed by atoms with Gasteiger partial charge in [0.1, 0.15) is 0 Å². The Kier molecular flexibility index (Phi) is 5.25. The Morgan fingerprint density at radius 2 is 2.10 bits per heavy atom. The molecule has 2 heterocycles. The maximum atomic E-state index is 5.51. The van der Waals surface area contributed by atoms with E-state index in [9.17, 15) is 0 Å². The van der Waals surface area contributed by atoms with E-state index < -0.39 is 0 Å². The lowest BCUT2D eigenvalue weighted by Crippen LogP contribution is -2.39. The second-order valence-corrected chi connectivity index (χ2v) is 6.37. The summed E-state index contributed by atoms with van der Waals surface area (Å²) >= 11 is 0. The van der Waals surface area contributed by atoms with Crippen LogP contribution in [0.2, 0.25) is 0 Å². The van der Waals surface area contributed by atoms with Crippen LogP contribution in [0.3, 0.4) is 0 Å². The number of ether oxygens (including phenoxy) is 1. The summed E-state index contributed by atoms with van der Waals surface area (Å²) in [7, 11) is 0. The Hall–Kier alpha value is -0.940. The molecule has 1 aromatic heterocycles. The van der Waals surface area contributed by atoms with Crippen molar-refractivity contribution in [2.24, 2.45) is 5.92 Å². The maximum absolute atomic E-state index is 5.51. The molecule has 3 unspecified atom stereocenters. The molecule has 1 saturated heterocycles. The van der Waals surface area contributed by atoms with Crippen LogP contribution in [-0.4, -0.2) is 35.9 Å². The molecule has 0 radical (unpaired) electrons. The summed E-state index contributed by atoms with van der Waals surface area (Å²) < 4.78 is 11.0. The summed E-state index contributed by atoms with van der Waals surface area (Å²) in [5, 5.41) is 7.80. The molecule has 1 N–H and O–H groups in total. The standard InChI is InChI=1S/C16H27N3O2/c1-2-17-14-8-4-3-6-12(14)10-15-18-16(19-21-15)13-7-5-9-20-11-13/h12-14,17H,2-11H2,1H3. The minimum Gasteiger partial charge on any atom is -0.381 e. The fourth-order valence-electron chi connectivity index (χ4n) is 3.67. The number of rotatable bonds is 5. The lowest BCUT2D eigenvalue weighted by molar-refractivity contribution is 0.0773. The van der Waals surface area contributed by atoms with Crippen molar-refractivity contribution in [1.82, 2.24) is 15.5 Å². The monoisotopic (exact) mass is 293 g/mol. The zero-order chi connectivity index (χ0) is 14.5. The molecular formula is C16H27N3O2. The van der Waals surface area contributed by atoms with E-state index in [1.807, 2.05) is 0 Å². The molecule has 3 atom stereocenters. The minimum atomic E-state index is 0.326. The Balaban J connectivity index is 1.60. The second-order valence-electron chi connectivity index (χ2n) is 6.37. The van der Waals surface area contributed by atoms with Crippen LogP contribution in [0.4, 0.5) is 0 Å². The molecule has 2 fully saturated rings. The molecule has 1 aromatic rings. The highest BCUT2D eigenvalue weighted by Crippen LogP contribution is 2.28. The fourth-order valence-corrected chi connectivity index (χ4v) is 3.67. The zero-order valence-corrected chi connectivity index (χ0v) is 13.0. The van der Waals surface area contributed by atoms with Crippen LogP contribution in [0.5, 0.6) is 0 Å². The maximum Gasteiger partial charge on any atom is 0.226 e. The third-order valence-electron chi connectivity index (χ3n) is 4.82. The van der Waals surface area contributed by atoms with E-state index in [1.54, 1.807) is 0 Å². The first-order valence-electron chi connectivity index (χ1n) is 8.50. The van der Waals surface area contributed by atoms with Crippen LogP contribution in [0, 0.1) is 5.92 Å². The topological polar surface area (TPSA) is 60.2 Å². The molecule has 0 amide bonds. The van der Waals surface area contributed by atoms with Gasteiger partial charge in [0.05, 0.1) is 6.61 Å². The van der Waals surface area contributed by atoms with Crippen molar-refractivity contribution >= 4 is 0 Å². The van der Waals surface area contributed by atoms with Crippen molar-refractivity contribution < 1.29 is 9.26 Å². The molecule has 0 aromatic carbocycles. The molecule has 0 bridgehead atoms. The normalized spacial score (nSPS) is 30.4. The summed E-state index contributed by atoms with van der Waals surface area (Å²) in [5.74, 6) is 2.62. The Labute approximate surface area is 126 Å². The average molecular weight is 293 g/mol. The molecule has 1 aliphatic heterocycles. The Morgan fingerprint density at radius 3 is 2.90 bits per heavy atom. The third-order valence-corrected chi connectivity index (χ3v) is 4.82. The van der Waals surface area contributed by atoms with Gasteiger partial charge in [-0.05, 0) is 38.1 Å². The van der Waals surface area contributed by atoms with Crippen LogP contribution >= 0.6 is 0 Å². The van der Waals surface area contributed by atoms with Crippen molar-refractivity contribution in [1.29, 1.82) is 0 Å². The average Bonchev–Trinajstić information content (AvgIpc) is 2.99. The van der Waals surface area contributed by atoms with E-state index in [4.69, 9.17) is 9.26 Å². The van der Waals surface area contributed by atoms with Crippen molar-refractivity contribution in [2.45, 2.75) is 63.8 Å². The van der Waals surface area contributed by atoms with Gasteiger partial charge in [-0.25, -0.2) is 0 Å². The Morgan fingerprint density at radius 1 is 1.19 bits per heavy atom. The van der Waals surface area contributed by atoms with Gasteiger partial charge >= 0.3 is 0 Å². The van der Waals surface area contributed by atoms with Crippen molar-refractivity contribution in [2.75, 3.05) is 19.8 Å². The van der Waals surface area contributed by atoms with E-state index in [-0.39, 0.29) is 0 Å². The van der Waals surface area contributed by atoms with Gasteiger partial charge in [-0.2, -0.15) is 4.98 Å². The van der Waals surface area contributed by atoms with Gasteiger partial charge in [0, 0.05) is 25.0 Å². The van der Waals surface area contributed by atoms with Crippen molar-refractivity contribution in [3.8, 4) is 0 Å². The van der Waals surface area contributed by atoms with Gasteiger partial charge in [-0.3, -0.25) is 0 Å². The molecule has 1 saturated carbocycles. The molecule has 3 rings (SSSR count). The third kappa shape index (κ3) is 3.83. The van der Waals surface area contributed by atoms with Crippen LogP contribution in [0.25, 0.3) is 0 Å². The summed E-state index contributed by atoms with van der Waals surface area (Å²) in [6.07, 6.45) is 8.32. The highest BCUT2D eigenvalue weighted by atomic mass is 16.5. The summed E-state index contributed by atoms with van der Waals surface area (Å²) in [5.41, 5.74) is 0. The minimum absolute atomic E-state index is 0.326. The van der Waals surface area contributed by atoms with Gasteiger partial charge in [0.25, 0.3) is 0 Å². The quantitative estimate of drug-likeness (QED) is 0.904. The zero-order valence-electron chi connectivity index (χ0n) is 13.0. The highest BCUT2D eigenvalue weighted by molar-refractivity contribution is 4.98. The summed E-state index contributed by atoms with van der Waals surface area (Å²) in [6, 6.07) is 0.608. The lowest BCUT2D eigenvalue weighted by atomic mass is 9.82. The number of hydrogen-bond acceptors (Lipinski definition) is 5. The predicted molar refractivity (Wildman–Crippen MR) is 80.2 cm³/mol. The molecule has 21 heavy (non-hydrogen) atoms. The van der Waals surface area contributed by atoms with E-state index in [0.717, 1.165) is 50.7 Å². The molecule has 2 aliphatic rings. The lowest BCUT2D eigenvalue weighted by Gasteiger charge is -2.31. The first-order chi connectivity index (χ1) is 10.4. The predicted octanol–water partition coefficient (Wildman–Crippen LogP) is 2.67. The number of nitrogens with zero attached hydrogens (tertiary/aromatic N) is 2. The van der Waals surface area contributed by atoms with Crippen molar-refractivity contribution in [3.05, 3.63) is 11.7 Å². The van der Waals surface area contributed by atoms with E-state index >= 15 is 0 Å². The molecule has 5 heteroatoms. The van der Waals surface area contributed by atoms with Crippen LogP contribution in [0.1, 0.15) is 63.1 Å². The van der Waals surface area contributed by atoms with Gasteiger partial charge in [0.2, 0.25) is 5.89 Å². The number of hydrogen-bond donors (Lipinski definition) is 1. The van der Waals surface area contributed by atoms with Crippen molar-refractivity contribution in [3.63, 3.8) is 0 Å². The van der Waals surface area contributed by atoms with Crippen LogP contribution in [0.15, 0.2) is 4.52 Å². The number of nitrogens with one attached hydrogen (secondary N) is 1. The van der Waals surface area contributed by atoms with Gasteiger partial charge in [0.15, 0.2) is 5.82 Å². The Bertz CT molecular complexity index is 427. The molecule has 5 nitrogen and oxygen atoms in total. The summed E-state index contributed by atoms with van der Waals surface area (Å²) in [6.45, 7) is 4.82. The van der Waals surface area contributed by atoms with E-state index in [2.05, 4.69) is 22.4 Å². The summed E-state index contributed by atoms with van der Waals surface area (Å²) in [4.78, 5) is 4.64. The van der Waals surface area contributed by atoms with E-state index in [1.165, 1.54) is 25.7 Å². The van der Waals surface area contributed by atoms with Crippen LogP contribution in [-0.2, 0) is 11.2 Å². The van der Waals surface area contributed by atoms with E-state index in [0.29, 0.717) is 17.9 Å². The highest BCUT2D eigenvalue weighted by Gasteiger charge is 2.27. The molecule has 0 spiro atoms. The van der Waals surface area contributed by atoms with Gasteiger partial charge < -0.3 is 14.6 Å². The molecule has 1 aliphatic carbocycles. The fraction of sp³-hybridized carbons (Fsp3) is 0.875. The first-order valence-corrected chi connectivity index (χ1v) is 8.50. The second kappa shape index (κ2) is 7.36. The largest absolute Gasteiger partial charge is 0.381 e.